The quantitative estimate of drug-likeness (QED) is 0.666. The molecule has 2 rings (SSSR count). The second-order valence-electron chi connectivity index (χ2n) is 3.73. The summed E-state index contributed by atoms with van der Waals surface area (Å²) >= 11 is 5.55. The molecule has 0 aliphatic heterocycles. The molecule has 0 heterocycles. The average molecular weight is 283 g/mol. The van der Waals surface area contributed by atoms with Gasteiger partial charge in [0.05, 0.1) is 10.6 Å². The van der Waals surface area contributed by atoms with E-state index in [2.05, 4.69) is 0 Å². The number of hydrogen-bond donors (Lipinski definition) is 2. The number of nitrogens with one attached hydrogen (secondary N) is 1. The van der Waals surface area contributed by atoms with Crippen molar-refractivity contribution in [2.24, 2.45) is 5.73 Å². The molecular formula is C13H9ClF2N2O. The van der Waals surface area contributed by atoms with Crippen LogP contribution in [0.2, 0.25) is 5.02 Å². The van der Waals surface area contributed by atoms with Crippen molar-refractivity contribution in [2.75, 3.05) is 0 Å². The van der Waals surface area contributed by atoms with Crippen molar-refractivity contribution in [3.05, 3.63) is 58.6 Å². The highest BCUT2D eigenvalue weighted by Crippen LogP contribution is 2.28. The molecule has 0 saturated carbocycles. The normalized spacial score (nSPS) is 10.3. The van der Waals surface area contributed by atoms with Gasteiger partial charge in [0.15, 0.2) is 0 Å². The molecule has 0 amide bonds. The summed E-state index contributed by atoms with van der Waals surface area (Å²) in [5.74, 6) is -1.18. The van der Waals surface area contributed by atoms with Crippen molar-refractivity contribution in [3.63, 3.8) is 0 Å². The third-order valence-electron chi connectivity index (χ3n) is 2.35. The van der Waals surface area contributed by atoms with Gasteiger partial charge in [0.1, 0.15) is 29.0 Å². The van der Waals surface area contributed by atoms with Crippen LogP contribution in [-0.4, -0.2) is 5.84 Å². The van der Waals surface area contributed by atoms with Gasteiger partial charge in [0, 0.05) is 6.07 Å². The number of ether oxygens (including phenoxy) is 1. The van der Waals surface area contributed by atoms with E-state index in [0.29, 0.717) is 0 Å². The minimum atomic E-state index is -0.634. The minimum absolute atomic E-state index is 0.0294. The van der Waals surface area contributed by atoms with Gasteiger partial charge >= 0.3 is 0 Å². The van der Waals surface area contributed by atoms with Crippen LogP contribution >= 0.6 is 11.6 Å². The van der Waals surface area contributed by atoms with E-state index in [0.717, 1.165) is 18.2 Å². The smallest absolute Gasteiger partial charge is 0.145 e. The van der Waals surface area contributed by atoms with Gasteiger partial charge < -0.3 is 10.5 Å². The van der Waals surface area contributed by atoms with Crippen molar-refractivity contribution in [3.8, 4) is 11.5 Å². The topological polar surface area (TPSA) is 59.1 Å². The van der Waals surface area contributed by atoms with E-state index in [1.165, 1.54) is 18.2 Å². The first kappa shape index (κ1) is 13.3. The summed E-state index contributed by atoms with van der Waals surface area (Å²) in [5.41, 5.74) is 5.43. The number of rotatable bonds is 3. The van der Waals surface area contributed by atoms with Crippen LogP contribution in [0.25, 0.3) is 0 Å². The van der Waals surface area contributed by atoms with Crippen molar-refractivity contribution in [2.45, 2.75) is 0 Å². The second-order valence-corrected chi connectivity index (χ2v) is 4.14. The summed E-state index contributed by atoms with van der Waals surface area (Å²) in [7, 11) is 0. The maximum atomic E-state index is 13.3. The van der Waals surface area contributed by atoms with E-state index in [1.807, 2.05) is 0 Å². The number of benzene rings is 2. The summed E-state index contributed by atoms with van der Waals surface area (Å²) in [4.78, 5) is 0. The van der Waals surface area contributed by atoms with Gasteiger partial charge in [0.25, 0.3) is 0 Å². The molecule has 2 aromatic rings. The first-order chi connectivity index (χ1) is 8.97. The van der Waals surface area contributed by atoms with Crippen molar-refractivity contribution in [1.29, 1.82) is 5.41 Å². The highest BCUT2D eigenvalue weighted by molar-refractivity contribution is 6.30. The fraction of sp³-hybridized carbons (Fsp3) is 0. The van der Waals surface area contributed by atoms with Gasteiger partial charge in [-0.25, -0.2) is 8.78 Å². The zero-order chi connectivity index (χ0) is 14.0. The Morgan fingerprint density at radius 1 is 1.16 bits per heavy atom. The van der Waals surface area contributed by atoms with Crippen LogP contribution < -0.4 is 10.5 Å². The Kier molecular flexibility index (Phi) is 3.66. The van der Waals surface area contributed by atoms with Gasteiger partial charge in [-0.2, -0.15) is 0 Å². The lowest BCUT2D eigenvalue weighted by Gasteiger charge is -2.10. The standard InChI is InChI=1S/C13H9ClF2N2O/c14-10-3-2-8(6-11(10)16)19-12-4-1-7(15)5-9(12)13(17)18/h1-6H,(H3,17,18). The largest absolute Gasteiger partial charge is 0.456 e. The predicted molar refractivity (Wildman–Crippen MR) is 68.9 cm³/mol. The molecule has 3 nitrogen and oxygen atoms in total. The molecule has 2 aromatic carbocycles. The summed E-state index contributed by atoms with van der Waals surface area (Å²) in [6.07, 6.45) is 0. The van der Waals surface area contributed by atoms with Gasteiger partial charge in [-0.1, -0.05) is 11.6 Å². The minimum Gasteiger partial charge on any atom is -0.456 e. The molecule has 0 aromatic heterocycles. The Hall–Kier alpha value is -2.14. The summed E-state index contributed by atoms with van der Waals surface area (Å²) < 4.78 is 31.7. The molecule has 0 bridgehead atoms. The fourth-order valence-electron chi connectivity index (χ4n) is 1.47. The molecule has 0 atom stereocenters. The molecule has 19 heavy (non-hydrogen) atoms. The molecular weight excluding hydrogens is 274 g/mol. The first-order valence-electron chi connectivity index (χ1n) is 5.24. The summed E-state index contributed by atoms with van der Waals surface area (Å²) in [5, 5.41) is 7.32. The average Bonchev–Trinajstić information content (AvgIpc) is 2.36. The zero-order valence-corrected chi connectivity index (χ0v) is 10.3. The number of hydrogen-bond acceptors (Lipinski definition) is 2. The van der Waals surface area contributed by atoms with Gasteiger partial charge in [-0.3, -0.25) is 5.41 Å². The molecule has 6 heteroatoms. The SMILES string of the molecule is N=C(N)c1cc(F)ccc1Oc1ccc(Cl)c(F)c1. The Labute approximate surface area is 113 Å². The van der Waals surface area contributed by atoms with E-state index in [9.17, 15) is 8.78 Å². The van der Waals surface area contributed by atoms with Crippen molar-refractivity contribution in [1.82, 2.24) is 0 Å². The van der Waals surface area contributed by atoms with E-state index >= 15 is 0 Å². The Balaban J connectivity index is 2.37. The Morgan fingerprint density at radius 2 is 1.89 bits per heavy atom. The number of halogens is 3. The molecule has 0 aliphatic rings. The molecule has 3 N–H and O–H groups in total. The molecule has 0 fully saturated rings. The number of nitrogen functional groups attached to an aromatic ring is 1. The van der Waals surface area contributed by atoms with Crippen molar-refractivity contribution >= 4 is 17.4 Å². The van der Waals surface area contributed by atoms with Crippen LogP contribution in [0.15, 0.2) is 36.4 Å². The highest BCUT2D eigenvalue weighted by Gasteiger charge is 2.10. The zero-order valence-electron chi connectivity index (χ0n) is 9.58. The Morgan fingerprint density at radius 3 is 2.53 bits per heavy atom. The van der Waals surface area contributed by atoms with Crippen LogP contribution in [0.1, 0.15) is 5.56 Å². The van der Waals surface area contributed by atoms with E-state index in [4.69, 9.17) is 27.5 Å². The van der Waals surface area contributed by atoms with E-state index in [-0.39, 0.29) is 27.9 Å². The maximum absolute atomic E-state index is 13.3. The predicted octanol–water partition coefficient (Wildman–Crippen LogP) is 3.69. The van der Waals surface area contributed by atoms with Crippen LogP contribution in [0, 0.1) is 17.0 Å². The van der Waals surface area contributed by atoms with Gasteiger partial charge in [0.2, 0.25) is 0 Å². The molecule has 0 saturated heterocycles. The fourth-order valence-corrected chi connectivity index (χ4v) is 1.59. The summed E-state index contributed by atoms with van der Waals surface area (Å²) in [6.45, 7) is 0. The summed E-state index contributed by atoms with van der Waals surface area (Å²) in [6, 6.07) is 7.44. The number of nitrogens with two attached hydrogens (primary N) is 1. The third-order valence-corrected chi connectivity index (χ3v) is 2.66. The van der Waals surface area contributed by atoms with Crippen LogP contribution in [0.5, 0.6) is 11.5 Å². The molecule has 98 valence electrons. The second kappa shape index (κ2) is 5.24. The highest BCUT2D eigenvalue weighted by atomic mass is 35.5. The third kappa shape index (κ3) is 3.00. The molecule has 0 aliphatic carbocycles. The molecule has 0 radical (unpaired) electrons. The van der Waals surface area contributed by atoms with Gasteiger partial charge in [-0.05, 0) is 30.3 Å². The van der Waals surface area contributed by atoms with Crippen LogP contribution in [-0.2, 0) is 0 Å². The lowest BCUT2D eigenvalue weighted by atomic mass is 10.2. The first-order valence-corrected chi connectivity index (χ1v) is 5.62. The Bertz CT molecular complexity index is 647. The monoisotopic (exact) mass is 282 g/mol. The lowest BCUT2D eigenvalue weighted by Crippen LogP contribution is -2.12. The molecule has 0 unspecified atom stereocenters. The lowest BCUT2D eigenvalue weighted by molar-refractivity contribution is 0.473. The van der Waals surface area contributed by atoms with Crippen LogP contribution in [0.4, 0.5) is 8.78 Å². The van der Waals surface area contributed by atoms with Crippen LogP contribution in [0.3, 0.4) is 0 Å². The van der Waals surface area contributed by atoms with E-state index in [1.54, 1.807) is 0 Å². The van der Waals surface area contributed by atoms with E-state index < -0.39 is 11.6 Å². The number of amidine groups is 1. The maximum Gasteiger partial charge on any atom is 0.145 e. The molecule has 0 spiro atoms. The van der Waals surface area contributed by atoms with Crippen molar-refractivity contribution < 1.29 is 13.5 Å². The van der Waals surface area contributed by atoms with Gasteiger partial charge in [-0.15, -0.1) is 0 Å².